The van der Waals surface area contributed by atoms with Gasteiger partial charge in [-0.05, 0) is 19.1 Å². The molecule has 0 unspecified atom stereocenters. The molecule has 1 aromatic rings. The Hall–Kier alpha value is -2.04. The molecule has 0 spiro atoms. The number of carboxylic acid groups (broad SMARTS) is 1. The maximum atomic E-state index is 10.7. The second kappa shape index (κ2) is 5.58. The summed E-state index contributed by atoms with van der Waals surface area (Å²) >= 11 is 0. The van der Waals surface area contributed by atoms with E-state index >= 15 is 0 Å². The van der Waals surface area contributed by atoms with Crippen LogP contribution in [0.3, 0.4) is 0 Å². The normalized spacial score (nSPS) is 8.36. The highest BCUT2D eigenvalue weighted by Gasteiger charge is 2.08. The molecule has 1 aromatic carbocycles. The highest BCUT2D eigenvalue weighted by molar-refractivity contribution is 5.97. The number of phenols is 2. The van der Waals surface area contributed by atoms with E-state index in [-0.39, 0.29) is 29.3 Å². The Morgan fingerprint density at radius 2 is 1.86 bits per heavy atom. The van der Waals surface area contributed by atoms with E-state index in [4.69, 9.17) is 20.1 Å². The van der Waals surface area contributed by atoms with Crippen molar-refractivity contribution >= 4 is 12.3 Å². The Kier molecular flexibility index (Phi) is 4.77. The van der Waals surface area contributed by atoms with Crippen LogP contribution >= 0.6 is 0 Å². The number of carbonyl (C=O) groups is 2. The Balaban J connectivity index is 0.000000500. The zero-order valence-corrected chi connectivity index (χ0v) is 7.47. The van der Waals surface area contributed by atoms with Gasteiger partial charge in [0.25, 0.3) is 6.47 Å². The van der Waals surface area contributed by atoms with Gasteiger partial charge in [0.15, 0.2) is 17.3 Å². The standard InChI is InChI=1S/C8H8O3.CH2O2/c1-5(9)6-3-2-4-7(10)8(6)11;2-1-3/h2-4,10-11H,1H3;1H,(H,2,3). The molecule has 0 radical (unpaired) electrons. The van der Waals surface area contributed by atoms with Crippen molar-refractivity contribution in [2.24, 2.45) is 0 Å². The predicted molar refractivity (Wildman–Crippen MR) is 48.5 cm³/mol. The monoisotopic (exact) mass is 198 g/mol. The van der Waals surface area contributed by atoms with Gasteiger partial charge in [-0.15, -0.1) is 0 Å². The van der Waals surface area contributed by atoms with Gasteiger partial charge in [0.1, 0.15) is 0 Å². The Morgan fingerprint density at radius 3 is 2.21 bits per heavy atom. The number of hydrogen-bond acceptors (Lipinski definition) is 4. The van der Waals surface area contributed by atoms with Gasteiger partial charge >= 0.3 is 0 Å². The Morgan fingerprint density at radius 1 is 1.36 bits per heavy atom. The van der Waals surface area contributed by atoms with Gasteiger partial charge in [-0.3, -0.25) is 9.59 Å². The first kappa shape index (κ1) is 12.0. The van der Waals surface area contributed by atoms with E-state index in [9.17, 15) is 4.79 Å². The third-order valence-corrected chi connectivity index (χ3v) is 1.39. The fraction of sp³-hybridized carbons (Fsp3) is 0.111. The quantitative estimate of drug-likeness (QED) is 0.355. The highest BCUT2D eigenvalue weighted by atomic mass is 16.3. The van der Waals surface area contributed by atoms with Crippen LogP contribution in [0.4, 0.5) is 0 Å². The van der Waals surface area contributed by atoms with E-state index in [1.54, 1.807) is 0 Å². The van der Waals surface area contributed by atoms with Crippen LogP contribution in [0, 0.1) is 0 Å². The average molecular weight is 198 g/mol. The van der Waals surface area contributed by atoms with Crippen LogP contribution < -0.4 is 0 Å². The summed E-state index contributed by atoms with van der Waals surface area (Å²) < 4.78 is 0. The lowest BCUT2D eigenvalue weighted by Gasteiger charge is -2.00. The number of phenolic OH excluding ortho intramolecular Hbond substituents is 2. The average Bonchev–Trinajstić information content (AvgIpc) is 2.10. The van der Waals surface area contributed by atoms with Crippen LogP contribution in [-0.4, -0.2) is 27.6 Å². The van der Waals surface area contributed by atoms with Crippen LogP contribution in [0.15, 0.2) is 18.2 Å². The minimum absolute atomic E-state index is 0.144. The summed E-state index contributed by atoms with van der Waals surface area (Å²) in [6.07, 6.45) is 0. The molecule has 0 aliphatic heterocycles. The lowest BCUT2D eigenvalue weighted by molar-refractivity contribution is -0.122. The highest BCUT2D eigenvalue weighted by Crippen LogP contribution is 2.27. The fourth-order valence-electron chi connectivity index (χ4n) is 0.815. The molecule has 5 heteroatoms. The molecule has 0 heterocycles. The first-order valence-electron chi connectivity index (χ1n) is 3.64. The Bertz CT molecular complexity index is 332. The van der Waals surface area contributed by atoms with Gasteiger partial charge in [-0.25, -0.2) is 0 Å². The van der Waals surface area contributed by atoms with Gasteiger partial charge in [0.2, 0.25) is 0 Å². The fourth-order valence-corrected chi connectivity index (χ4v) is 0.815. The Labute approximate surface area is 80.2 Å². The van der Waals surface area contributed by atoms with E-state index < -0.39 is 0 Å². The molecule has 1 rings (SSSR count). The minimum Gasteiger partial charge on any atom is -0.504 e. The van der Waals surface area contributed by atoms with E-state index in [2.05, 4.69) is 0 Å². The van der Waals surface area contributed by atoms with Gasteiger partial charge in [0, 0.05) is 0 Å². The second-order valence-electron chi connectivity index (χ2n) is 2.33. The van der Waals surface area contributed by atoms with Crippen molar-refractivity contribution in [2.75, 3.05) is 0 Å². The van der Waals surface area contributed by atoms with E-state index in [0.29, 0.717) is 0 Å². The molecule has 0 saturated heterocycles. The maximum Gasteiger partial charge on any atom is 0.290 e. The van der Waals surface area contributed by atoms with Gasteiger partial charge in [-0.2, -0.15) is 0 Å². The number of Topliss-reactive ketones (excluding diaryl/α,β-unsaturated/α-hetero) is 1. The predicted octanol–water partition coefficient (Wildman–Crippen LogP) is 1.00. The van der Waals surface area contributed by atoms with Gasteiger partial charge < -0.3 is 15.3 Å². The van der Waals surface area contributed by atoms with Crippen molar-refractivity contribution in [3.63, 3.8) is 0 Å². The number of benzene rings is 1. The molecule has 3 N–H and O–H groups in total. The van der Waals surface area contributed by atoms with Crippen LogP contribution in [0.2, 0.25) is 0 Å². The zero-order chi connectivity index (χ0) is 11.1. The SMILES string of the molecule is CC(=O)c1cccc(O)c1O.O=CO. The van der Waals surface area contributed by atoms with Gasteiger partial charge in [0.05, 0.1) is 5.56 Å². The molecule has 0 fully saturated rings. The van der Waals surface area contributed by atoms with Crippen molar-refractivity contribution in [3.05, 3.63) is 23.8 Å². The second-order valence-corrected chi connectivity index (χ2v) is 2.33. The molecule has 76 valence electrons. The van der Waals surface area contributed by atoms with Crippen LogP contribution in [0.1, 0.15) is 17.3 Å². The first-order valence-corrected chi connectivity index (χ1v) is 3.64. The summed E-state index contributed by atoms with van der Waals surface area (Å²) in [6.45, 7) is 1.08. The molecule has 0 saturated carbocycles. The summed E-state index contributed by atoms with van der Waals surface area (Å²) in [5, 5.41) is 24.9. The first-order chi connectivity index (χ1) is 6.54. The largest absolute Gasteiger partial charge is 0.504 e. The summed E-state index contributed by atoms with van der Waals surface area (Å²) in [4.78, 5) is 19.1. The summed E-state index contributed by atoms with van der Waals surface area (Å²) in [6, 6.07) is 4.28. The zero-order valence-electron chi connectivity index (χ0n) is 7.47. The molecule has 0 bridgehead atoms. The molecule has 0 aliphatic carbocycles. The van der Waals surface area contributed by atoms with E-state index in [0.717, 1.165) is 0 Å². The third kappa shape index (κ3) is 3.14. The van der Waals surface area contributed by atoms with Crippen molar-refractivity contribution in [1.82, 2.24) is 0 Å². The van der Waals surface area contributed by atoms with E-state index in [1.165, 1.54) is 25.1 Å². The molecule has 0 amide bonds. The third-order valence-electron chi connectivity index (χ3n) is 1.39. The molecule has 0 aromatic heterocycles. The molecular formula is C9H10O5. The number of carbonyl (C=O) groups excluding carboxylic acids is 1. The summed E-state index contributed by atoms with van der Waals surface area (Å²) in [5.74, 6) is -0.879. The lowest BCUT2D eigenvalue weighted by atomic mass is 10.1. The van der Waals surface area contributed by atoms with Crippen molar-refractivity contribution in [1.29, 1.82) is 0 Å². The van der Waals surface area contributed by atoms with Crippen molar-refractivity contribution in [2.45, 2.75) is 6.92 Å². The lowest BCUT2D eigenvalue weighted by Crippen LogP contribution is -1.91. The molecular weight excluding hydrogens is 188 g/mol. The van der Waals surface area contributed by atoms with Crippen LogP contribution in [0.5, 0.6) is 11.5 Å². The topological polar surface area (TPSA) is 94.8 Å². The molecule has 14 heavy (non-hydrogen) atoms. The van der Waals surface area contributed by atoms with Crippen LogP contribution in [0.25, 0.3) is 0 Å². The van der Waals surface area contributed by atoms with Crippen molar-refractivity contribution in [3.8, 4) is 11.5 Å². The van der Waals surface area contributed by atoms with Crippen LogP contribution in [-0.2, 0) is 4.79 Å². The number of ketones is 1. The molecule has 0 aliphatic rings. The summed E-state index contributed by atoms with van der Waals surface area (Å²) in [5.41, 5.74) is 0.144. The minimum atomic E-state index is -0.347. The molecule has 5 nitrogen and oxygen atoms in total. The number of hydrogen-bond donors (Lipinski definition) is 3. The van der Waals surface area contributed by atoms with Gasteiger partial charge in [-0.1, -0.05) is 6.07 Å². The number of aromatic hydroxyl groups is 2. The van der Waals surface area contributed by atoms with E-state index in [1.807, 2.05) is 0 Å². The number of rotatable bonds is 1. The molecule has 0 atom stereocenters. The summed E-state index contributed by atoms with van der Waals surface area (Å²) in [7, 11) is 0. The smallest absolute Gasteiger partial charge is 0.290 e. The van der Waals surface area contributed by atoms with Crippen molar-refractivity contribution < 1.29 is 24.9 Å². The maximum absolute atomic E-state index is 10.7. The number of para-hydroxylation sites is 1.